The molecule has 50 heavy (non-hydrogen) atoms. The number of hydrogen-bond acceptors (Lipinski definition) is 8. The van der Waals surface area contributed by atoms with Gasteiger partial charge in [0, 0.05) is 48.6 Å². The quantitative estimate of drug-likeness (QED) is 0.205. The van der Waals surface area contributed by atoms with Crippen molar-refractivity contribution in [2.45, 2.75) is 97.3 Å². The Morgan fingerprint density at radius 3 is 2.44 bits per heavy atom. The first-order valence-corrected chi connectivity index (χ1v) is 19.4. The van der Waals surface area contributed by atoms with Gasteiger partial charge in [0.1, 0.15) is 0 Å². The van der Waals surface area contributed by atoms with Crippen LogP contribution < -0.4 is 9.46 Å². The van der Waals surface area contributed by atoms with E-state index < -0.39 is 10.0 Å². The van der Waals surface area contributed by atoms with Gasteiger partial charge in [0.05, 0.1) is 28.6 Å². The smallest absolute Gasteiger partial charge is 0.264 e. The van der Waals surface area contributed by atoms with Crippen molar-refractivity contribution in [2.24, 2.45) is 17.3 Å². The zero-order valence-electron chi connectivity index (χ0n) is 30.5. The number of anilines is 1. The lowest BCUT2D eigenvalue weighted by Crippen LogP contribution is -2.28. The third-order valence-electron chi connectivity index (χ3n) is 9.82. The number of aryl methyl sites for hydroxylation is 1. The summed E-state index contributed by atoms with van der Waals surface area (Å²) in [5.74, 6) is 1.07. The van der Waals surface area contributed by atoms with Gasteiger partial charge in [-0.1, -0.05) is 65.0 Å². The van der Waals surface area contributed by atoms with Crippen LogP contribution in [0.2, 0.25) is 0 Å². The van der Waals surface area contributed by atoms with Gasteiger partial charge in [-0.2, -0.15) is 4.98 Å². The predicted octanol–water partition coefficient (Wildman–Crippen LogP) is 8.21. The number of benzene rings is 2. The Morgan fingerprint density at radius 2 is 1.74 bits per heavy atom. The van der Waals surface area contributed by atoms with E-state index in [9.17, 15) is 8.42 Å². The molecule has 1 N–H and O–H groups in total. The maximum atomic E-state index is 14.0. The predicted molar refractivity (Wildman–Crippen MR) is 197 cm³/mol. The maximum absolute atomic E-state index is 14.0. The van der Waals surface area contributed by atoms with E-state index in [4.69, 9.17) is 24.4 Å². The van der Waals surface area contributed by atoms with Gasteiger partial charge < -0.3 is 9.47 Å². The standard InChI is InChI=1S/C40H51N5O4S/c1-25(2)18-30-12-8-10-26(3)36(30)37-27(4)38-44-39(43-37)45-50(46,47)33-13-9-11-29(19-33)34(31(24-49-38)21-40(5,6)7)20-32-22-42-35(23-41-32)28-14-16-48-17-15-28/h8-13,19,22-23,25,28,31,34H,14-18,20-21,24H2,1-7H3,(H,43,44,45)/t31-,34?/m1/s1. The average molecular weight is 698 g/mol. The van der Waals surface area contributed by atoms with Crippen molar-refractivity contribution in [3.63, 3.8) is 0 Å². The van der Waals surface area contributed by atoms with E-state index in [1.807, 2.05) is 31.5 Å². The second-order valence-corrected chi connectivity index (χ2v) is 17.4. The summed E-state index contributed by atoms with van der Waals surface area (Å²) in [6.45, 7) is 17.0. The van der Waals surface area contributed by atoms with Crippen molar-refractivity contribution in [2.75, 3.05) is 24.5 Å². The van der Waals surface area contributed by atoms with E-state index in [2.05, 4.69) is 69.4 Å². The van der Waals surface area contributed by atoms with Crippen molar-refractivity contribution in [3.05, 3.63) is 88.5 Å². The third-order valence-corrected chi connectivity index (χ3v) is 11.1. The molecule has 0 radical (unpaired) electrons. The second kappa shape index (κ2) is 14.8. The summed E-state index contributed by atoms with van der Waals surface area (Å²) < 4.78 is 42.9. The molecule has 4 aromatic rings. The third kappa shape index (κ3) is 8.35. The van der Waals surface area contributed by atoms with Crippen molar-refractivity contribution >= 4 is 16.0 Å². The van der Waals surface area contributed by atoms with E-state index in [0.29, 0.717) is 36.4 Å². The monoisotopic (exact) mass is 697 g/mol. The molecule has 4 bridgehead atoms. The fourth-order valence-electron chi connectivity index (χ4n) is 7.44. The first kappa shape index (κ1) is 35.9. The summed E-state index contributed by atoms with van der Waals surface area (Å²) in [7, 11) is -4.03. The molecular weight excluding hydrogens is 647 g/mol. The fourth-order valence-corrected chi connectivity index (χ4v) is 8.44. The number of nitrogens with zero attached hydrogens (tertiary/aromatic N) is 4. The molecule has 1 saturated heterocycles. The number of hydrogen-bond donors (Lipinski definition) is 1. The van der Waals surface area contributed by atoms with Crippen molar-refractivity contribution in [1.29, 1.82) is 0 Å². The molecule has 2 aromatic heterocycles. The molecule has 2 aromatic carbocycles. The lowest BCUT2D eigenvalue weighted by molar-refractivity contribution is 0.0844. The van der Waals surface area contributed by atoms with Gasteiger partial charge in [-0.25, -0.2) is 18.1 Å². The van der Waals surface area contributed by atoms with Crippen LogP contribution in [0.15, 0.2) is 59.8 Å². The number of aromatic nitrogens is 4. The minimum atomic E-state index is -4.03. The normalized spacial score (nSPS) is 19.6. The molecule has 9 nitrogen and oxygen atoms in total. The molecule has 2 aliphatic heterocycles. The highest BCUT2D eigenvalue weighted by molar-refractivity contribution is 7.92. The van der Waals surface area contributed by atoms with Crippen LogP contribution in [-0.4, -0.2) is 48.2 Å². The Balaban J connectivity index is 1.45. The fraction of sp³-hybridized carbons (Fsp3) is 0.500. The van der Waals surface area contributed by atoms with E-state index in [-0.39, 0.29) is 28.1 Å². The summed E-state index contributed by atoms with van der Waals surface area (Å²) in [5.41, 5.74) is 7.42. The van der Waals surface area contributed by atoms with Gasteiger partial charge in [0.2, 0.25) is 11.8 Å². The van der Waals surface area contributed by atoms with Crippen molar-refractivity contribution in [3.8, 4) is 17.1 Å². The first-order valence-electron chi connectivity index (χ1n) is 17.9. The van der Waals surface area contributed by atoms with E-state index >= 15 is 0 Å². The van der Waals surface area contributed by atoms with Crippen molar-refractivity contribution < 1.29 is 17.9 Å². The first-order chi connectivity index (χ1) is 23.8. The van der Waals surface area contributed by atoms with E-state index in [1.165, 1.54) is 0 Å². The average Bonchev–Trinajstić information content (AvgIpc) is 3.06. The Morgan fingerprint density at radius 1 is 0.980 bits per heavy atom. The molecule has 6 rings (SSSR count). The highest BCUT2D eigenvalue weighted by atomic mass is 32.2. The number of sulfonamides is 1. The maximum Gasteiger partial charge on any atom is 0.264 e. The lowest BCUT2D eigenvalue weighted by Gasteiger charge is -2.33. The molecule has 1 fully saturated rings. The summed E-state index contributed by atoms with van der Waals surface area (Å²) >= 11 is 0. The molecule has 2 atom stereocenters. The SMILES string of the molecule is Cc1cccc(CC(C)C)c1-c1nc2nc(c1C)OC[C@@H](CC(C)(C)C)C(Cc1cnc(C3CCOCC3)cn1)c1cccc(c1)S(=O)(=O)N2. The number of rotatable bonds is 7. The molecule has 0 saturated carbocycles. The highest BCUT2D eigenvalue weighted by Gasteiger charge is 2.32. The van der Waals surface area contributed by atoms with Crippen LogP contribution in [0, 0.1) is 31.1 Å². The van der Waals surface area contributed by atoms with Gasteiger partial charge in [-0.3, -0.25) is 9.97 Å². The van der Waals surface area contributed by atoms with Gasteiger partial charge in [-0.05, 0) is 92.0 Å². The number of ether oxygens (including phenoxy) is 2. The Kier molecular flexibility index (Phi) is 10.6. The Hall–Kier alpha value is -3.89. The summed E-state index contributed by atoms with van der Waals surface area (Å²) in [5, 5.41) is 0. The molecule has 0 spiro atoms. The minimum Gasteiger partial charge on any atom is -0.477 e. The van der Waals surface area contributed by atoms with Crippen LogP contribution in [0.5, 0.6) is 5.88 Å². The highest BCUT2D eigenvalue weighted by Crippen LogP contribution is 2.40. The summed E-state index contributed by atoms with van der Waals surface area (Å²) in [6.07, 6.45) is 7.98. The molecule has 1 unspecified atom stereocenters. The largest absolute Gasteiger partial charge is 0.477 e. The molecule has 0 amide bonds. The lowest BCUT2D eigenvalue weighted by atomic mass is 9.74. The molecule has 10 heteroatoms. The molecule has 266 valence electrons. The van der Waals surface area contributed by atoms with Crippen LogP contribution >= 0.6 is 0 Å². The van der Waals surface area contributed by atoms with Crippen LogP contribution in [0.25, 0.3) is 11.3 Å². The number of nitrogens with one attached hydrogen (secondary N) is 1. The molecule has 2 aliphatic rings. The van der Waals surface area contributed by atoms with Crippen LogP contribution in [0.4, 0.5) is 5.95 Å². The topological polar surface area (TPSA) is 116 Å². The van der Waals surface area contributed by atoms with Crippen molar-refractivity contribution in [1.82, 2.24) is 19.9 Å². The van der Waals surface area contributed by atoms with Crippen LogP contribution in [-0.2, 0) is 27.6 Å². The van der Waals surface area contributed by atoms with Gasteiger partial charge in [-0.15, -0.1) is 0 Å². The molecular formula is C40H51N5O4S. The van der Waals surface area contributed by atoms with Gasteiger partial charge >= 0.3 is 0 Å². The van der Waals surface area contributed by atoms with Gasteiger partial charge in [0.15, 0.2) is 0 Å². The van der Waals surface area contributed by atoms with E-state index in [0.717, 1.165) is 78.1 Å². The molecule has 4 heterocycles. The van der Waals surface area contributed by atoms with Crippen LogP contribution in [0.1, 0.15) is 99.4 Å². The number of fused-ring (bicyclic) bond motifs is 4. The second-order valence-electron chi connectivity index (χ2n) is 15.7. The Labute approximate surface area is 297 Å². The van der Waals surface area contributed by atoms with Crippen LogP contribution in [0.3, 0.4) is 0 Å². The zero-order chi connectivity index (χ0) is 35.6. The zero-order valence-corrected chi connectivity index (χ0v) is 31.3. The Bertz CT molecular complexity index is 1920. The molecule has 0 aliphatic carbocycles. The van der Waals surface area contributed by atoms with E-state index in [1.54, 1.807) is 12.1 Å². The minimum absolute atomic E-state index is 0.00543. The van der Waals surface area contributed by atoms with Gasteiger partial charge in [0.25, 0.3) is 10.0 Å². The summed E-state index contributed by atoms with van der Waals surface area (Å²) in [6, 6.07) is 13.5. The summed E-state index contributed by atoms with van der Waals surface area (Å²) in [4.78, 5) is 19.5.